The van der Waals surface area contributed by atoms with Gasteiger partial charge in [0, 0.05) is 6.54 Å². The molecule has 4 aromatic rings. The molecule has 0 aliphatic heterocycles. The first-order valence-corrected chi connectivity index (χ1v) is 9.16. The number of aromatic nitrogens is 4. The summed E-state index contributed by atoms with van der Waals surface area (Å²) in [4.78, 5) is 20.7. The number of nitrogens with zero attached hydrogens (tertiary/aromatic N) is 4. The summed E-state index contributed by atoms with van der Waals surface area (Å²) < 4.78 is 20.8. The molecule has 0 unspecified atom stereocenters. The van der Waals surface area contributed by atoms with Crippen LogP contribution in [0.25, 0.3) is 11.0 Å². The van der Waals surface area contributed by atoms with Gasteiger partial charge in [0.05, 0.1) is 41.5 Å². The minimum atomic E-state index is -0.667. The lowest BCUT2D eigenvalue weighted by Gasteiger charge is -2.08. The molecule has 0 saturated carbocycles. The summed E-state index contributed by atoms with van der Waals surface area (Å²) >= 11 is 5.92. The lowest BCUT2D eigenvalue weighted by molar-refractivity contribution is 0.0948. The quantitative estimate of drug-likeness (QED) is 0.481. The van der Waals surface area contributed by atoms with E-state index in [4.69, 9.17) is 16.0 Å². The fourth-order valence-electron chi connectivity index (χ4n) is 2.86. The normalized spacial score (nSPS) is 11.0. The molecule has 3 heterocycles. The zero-order valence-corrected chi connectivity index (χ0v) is 15.9. The predicted octanol–water partition coefficient (Wildman–Crippen LogP) is 3.25. The highest BCUT2D eigenvalue weighted by Crippen LogP contribution is 2.20. The third kappa shape index (κ3) is 4.04. The Balaban J connectivity index is 1.42. The largest absolute Gasteiger partial charge is 0.467 e. The molecule has 0 aliphatic rings. The summed E-state index contributed by atoms with van der Waals surface area (Å²) in [6, 6.07) is 7.78. The lowest BCUT2D eigenvalue weighted by Crippen LogP contribution is -2.28. The van der Waals surface area contributed by atoms with Crippen molar-refractivity contribution >= 4 is 34.4 Å². The molecule has 0 fully saturated rings. The van der Waals surface area contributed by atoms with E-state index < -0.39 is 11.7 Å². The van der Waals surface area contributed by atoms with Crippen LogP contribution in [0.4, 0.5) is 10.2 Å². The number of rotatable bonds is 7. The predicted molar refractivity (Wildman–Crippen MR) is 105 cm³/mol. The second-order valence-electron chi connectivity index (χ2n) is 6.11. The number of carbonyl (C=O) groups is 1. The molecule has 0 aliphatic carbocycles. The van der Waals surface area contributed by atoms with Crippen molar-refractivity contribution in [2.75, 3.05) is 11.9 Å². The van der Waals surface area contributed by atoms with Crippen LogP contribution in [0.1, 0.15) is 16.1 Å². The van der Waals surface area contributed by atoms with Gasteiger partial charge in [-0.15, -0.1) is 0 Å². The van der Waals surface area contributed by atoms with Crippen LogP contribution in [-0.4, -0.2) is 32.2 Å². The molecule has 148 valence electrons. The van der Waals surface area contributed by atoms with E-state index in [0.717, 1.165) is 11.1 Å². The standard InChI is InChI=1S/C19H16ClFN6O2/c20-14-4-1-5-15(21)16(14)19(28)22-6-7-27-18-13(10-26-27)17(24-11-25-18)23-9-12-3-2-8-29-12/h1-5,8,10-11H,6-7,9H2,(H,22,28)(H,23,24,25). The topological polar surface area (TPSA) is 97.9 Å². The highest BCUT2D eigenvalue weighted by Gasteiger charge is 2.16. The number of amides is 1. The molecular weight excluding hydrogens is 399 g/mol. The van der Waals surface area contributed by atoms with Gasteiger partial charge in [-0.25, -0.2) is 19.0 Å². The van der Waals surface area contributed by atoms with Crippen molar-refractivity contribution in [3.8, 4) is 0 Å². The van der Waals surface area contributed by atoms with Gasteiger partial charge in [0.2, 0.25) is 0 Å². The van der Waals surface area contributed by atoms with Crippen LogP contribution < -0.4 is 10.6 Å². The Bertz CT molecular complexity index is 1120. The van der Waals surface area contributed by atoms with Crippen molar-refractivity contribution in [1.82, 2.24) is 25.1 Å². The summed E-state index contributed by atoms with van der Waals surface area (Å²) in [5, 5.41) is 10.9. The van der Waals surface area contributed by atoms with Gasteiger partial charge in [0.1, 0.15) is 23.7 Å². The Morgan fingerprint density at radius 1 is 1.24 bits per heavy atom. The zero-order valence-electron chi connectivity index (χ0n) is 15.1. The molecule has 29 heavy (non-hydrogen) atoms. The highest BCUT2D eigenvalue weighted by molar-refractivity contribution is 6.33. The Morgan fingerprint density at radius 3 is 2.93 bits per heavy atom. The van der Waals surface area contributed by atoms with Gasteiger partial charge in [-0.3, -0.25) is 4.79 Å². The summed E-state index contributed by atoms with van der Waals surface area (Å²) in [5.74, 6) is 0.151. The second-order valence-corrected chi connectivity index (χ2v) is 6.52. The van der Waals surface area contributed by atoms with E-state index in [0.29, 0.717) is 24.6 Å². The first-order valence-electron chi connectivity index (χ1n) is 8.78. The number of benzene rings is 1. The van der Waals surface area contributed by atoms with Crippen molar-refractivity contribution in [2.24, 2.45) is 0 Å². The van der Waals surface area contributed by atoms with Crippen LogP contribution in [0.5, 0.6) is 0 Å². The SMILES string of the molecule is O=C(NCCn1ncc2c(NCc3ccco3)ncnc21)c1c(F)cccc1Cl. The minimum Gasteiger partial charge on any atom is -0.467 e. The van der Waals surface area contributed by atoms with E-state index in [-0.39, 0.29) is 17.1 Å². The summed E-state index contributed by atoms with van der Waals surface area (Å²) in [5.41, 5.74) is 0.436. The minimum absolute atomic E-state index is 0.0621. The Labute approximate surface area is 169 Å². The fraction of sp³-hybridized carbons (Fsp3) is 0.158. The molecule has 1 aromatic carbocycles. The summed E-state index contributed by atoms with van der Waals surface area (Å²) in [6.07, 6.45) is 4.69. The molecule has 0 spiro atoms. The second kappa shape index (κ2) is 8.27. The number of fused-ring (bicyclic) bond motifs is 1. The van der Waals surface area contributed by atoms with Crippen molar-refractivity contribution < 1.29 is 13.6 Å². The number of anilines is 1. The maximum atomic E-state index is 13.8. The number of carbonyl (C=O) groups excluding carboxylic acids is 1. The fourth-order valence-corrected chi connectivity index (χ4v) is 3.11. The number of halogens is 2. The van der Waals surface area contributed by atoms with Crippen LogP contribution in [-0.2, 0) is 13.1 Å². The van der Waals surface area contributed by atoms with Gasteiger partial charge in [-0.2, -0.15) is 5.10 Å². The van der Waals surface area contributed by atoms with Crippen molar-refractivity contribution in [3.63, 3.8) is 0 Å². The summed E-state index contributed by atoms with van der Waals surface area (Å²) in [7, 11) is 0. The van der Waals surface area contributed by atoms with E-state index >= 15 is 0 Å². The molecule has 3 aromatic heterocycles. The molecule has 0 atom stereocenters. The Morgan fingerprint density at radius 2 is 2.14 bits per heavy atom. The highest BCUT2D eigenvalue weighted by atomic mass is 35.5. The van der Waals surface area contributed by atoms with Crippen molar-refractivity contribution in [1.29, 1.82) is 0 Å². The van der Waals surface area contributed by atoms with Crippen LogP contribution >= 0.6 is 11.6 Å². The molecule has 8 nitrogen and oxygen atoms in total. The van der Waals surface area contributed by atoms with Crippen LogP contribution in [0.3, 0.4) is 0 Å². The maximum Gasteiger partial charge on any atom is 0.255 e. The third-order valence-corrected chi connectivity index (χ3v) is 4.56. The summed E-state index contributed by atoms with van der Waals surface area (Å²) in [6.45, 7) is 1.04. The first-order chi connectivity index (χ1) is 14.1. The average Bonchev–Trinajstić information content (AvgIpc) is 3.36. The smallest absolute Gasteiger partial charge is 0.255 e. The van der Waals surface area contributed by atoms with Crippen LogP contribution in [0, 0.1) is 5.82 Å². The molecular formula is C19H16ClFN6O2. The van der Waals surface area contributed by atoms with Gasteiger partial charge < -0.3 is 15.1 Å². The molecule has 1 amide bonds. The van der Waals surface area contributed by atoms with E-state index in [1.54, 1.807) is 17.1 Å². The van der Waals surface area contributed by atoms with E-state index in [1.165, 1.54) is 24.5 Å². The van der Waals surface area contributed by atoms with Crippen molar-refractivity contribution in [3.05, 3.63) is 71.3 Å². The molecule has 4 rings (SSSR count). The van der Waals surface area contributed by atoms with Crippen LogP contribution in [0.15, 0.2) is 53.5 Å². The van der Waals surface area contributed by atoms with Gasteiger partial charge in [-0.1, -0.05) is 17.7 Å². The molecule has 10 heteroatoms. The third-order valence-electron chi connectivity index (χ3n) is 4.24. The molecule has 0 bridgehead atoms. The molecule has 2 N–H and O–H groups in total. The maximum absolute atomic E-state index is 13.8. The molecule has 0 radical (unpaired) electrons. The number of hydrogen-bond donors (Lipinski definition) is 2. The van der Waals surface area contributed by atoms with Gasteiger partial charge >= 0.3 is 0 Å². The number of hydrogen-bond acceptors (Lipinski definition) is 6. The average molecular weight is 415 g/mol. The Kier molecular flexibility index (Phi) is 5.39. The van der Waals surface area contributed by atoms with Crippen LogP contribution in [0.2, 0.25) is 5.02 Å². The molecule has 0 saturated heterocycles. The van der Waals surface area contributed by atoms with E-state index in [1.807, 2.05) is 12.1 Å². The zero-order chi connectivity index (χ0) is 20.2. The van der Waals surface area contributed by atoms with Gasteiger partial charge in [0.15, 0.2) is 5.65 Å². The van der Waals surface area contributed by atoms with Gasteiger partial charge in [0.25, 0.3) is 5.91 Å². The first kappa shape index (κ1) is 18.9. The van der Waals surface area contributed by atoms with Crippen molar-refractivity contribution in [2.45, 2.75) is 13.1 Å². The lowest BCUT2D eigenvalue weighted by atomic mass is 10.2. The monoisotopic (exact) mass is 414 g/mol. The number of nitrogens with one attached hydrogen (secondary N) is 2. The Hall–Kier alpha value is -3.46. The van der Waals surface area contributed by atoms with Gasteiger partial charge in [-0.05, 0) is 24.3 Å². The number of furan rings is 1. The van der Waals surface area contributed by atoms with E-state index in [2.05, 4.69) is 25.7 Å². The van der Waals surface area contributed by atoms with E-state index in [9.17, 15) is 9.18 Å².